The van der Waals surface area contributed by atoms with Gasteiger partial charge < -0.3 is 10.4 Å². The van der Waals surface area contributed by atoms with Gasteiger partial charge in [-0.15, -0.1) is 0 Å². The fourth-order valence-corrected chi connectivity index (χ4v) is 2.25. The summed E-state index contributed by atoms with van der Waals surface area (Å²) in [5.74, 6) is 0.401. The molecule has 0 aliphatic heterocycles. The second-order valence-electron chi connectivity index (χ2n) is 4.58. The predicted molar refractivity (Wildman–Crippen MR) is 73.3 cm³/mol. The average molecular weight is 235 g/mol. The number of para-hydroxylation sites is 1. The first-order valence-corrected chi connectivity index (χ1v) is 6.76. The molecule has 2 atom stereocenters. The zero-order chi connectivity index (χ0) is 12.7. The highest BCUT2D eigenvalue weighted by molar-refractivity contribution is 5.34. The Bertz CT molecular complexity index is 324. The van der Waals surface area contributed by atoms with Gasteiger partial charge in [0.2, 0.25) is 0 Å². The third-order valence-corrected chi connectivity index (χ3v) is 3.29. The minimum Gasteiger partial charge on any atom is -0.508 e. The normalized spacial score (nSPS) is 14.5. The predicted octanol–water partition coefficient (Wildman–Crippen LogP) is 4.01. The van der Waals surface area contributed by atoms with E-state index in [0.717, 1.165) is 18.4 Å². The minimum absolute atomic E-state index is 0.257. The molecule has 0 saturated carbocycles. The number of hydrogen-bond donors (Lipinski definition) is 2. The first-order valence-electron chi connectivity index (χ1n) is 6.76. The van der Waals surface area contributed by atoms with Crippen LogP contribution in [0.2, 0.25) is 0 Å². The maximum Gasteiger partial charge on any atom is 0.120 e. The van der Waals surface area contributed by atoms with Gasteiger partial charge >= 0.3 is 0 Å². The molecule has 0 aliphatic rings. The van der Waals surface area contributed by atoms with Crippen LogP contribution in [0.5, 0.6) is 5.75 Å². The second kappa shape index (κ2) is 7.33. The third kappa shape index (κ3) is 4.04. The van der Waals surface area contributed by atoms with Crippen molar-refractivity contribution < 1.29 is 5.11 Å². The van der Waals surface area contributed by atoms with Crippen molar-refractivity contribution in [2.45, 2.75) is 58.5 Å². The highest BCUT2D eigenvalue weighted by Gasteiger charge is 2.16. The van der Waals surface area contributed by atoms with Gasteiger partial charge in [0, 0.05) is 17.6 Å². The molecule has 2 unspecified atom stereocenters. The summed E-state index contributed by atoms with van der Waals surface area (Å²) in [7, 11) is 0. The number of phenols is 1. The van der Waals surface area contributed by atoms with Gasteiger partial charge in [0.05, 0.1) is 0 Å². The number of rotatable bonds is 7. The lowest BCUT2D eigenvalue weighted by Crippen LogP contribution is -2.32. The van der Waals surface area contributed by atoms with Crippen LogP contribution in [0.3, 0.4) is 0 Å². The van der Waals surface area contributed by atoms with Crippen LogP contribution in [-0.2, 0) is 0 Å². The van der Waals surface area contributed by atoms with Gasteiger partial charge in [0.1, 0.15) is 5.75 Å². The lowest BCUT2D eigenvalue weighted by Gasteiger charge is -2.25. The van der Waals surface area contributed by atoms with Gasteiger partial charge in [0.25, 0.3) is 0 Å². The third-order valence-electron chi connectivity index (χ3n) is 3.29. The summed E-state index contributed by atoms with van der Waals surface area (Å²) in [6.45, 7) is 6.58. The van der Waals surface area contributed by atoms with Crippen molar-refractivity contribution in [2.24, 2.45) is 0 Å². The highest BCUT2D eigenvalue weighted by atomic mass is 16.3. The molecule has 0 saturated heterocycles. The molecular formula is C15H25NO. The van der Waals surface area contributed by atoms with Crippen molar-refractivity contribution in [3.8, 4) is 5.75 Å². The summed E-state index contributed by atoms with van der Waals surface area (Å²) < 4.78 is 0. The van der Waals surface area contributed by atoms with E-state index in [0.29, 0.717) is 11.8 Å². The largest absolute Gasteiger partial charge is 0.508 e. The first-order chi connectivity index (χ1) is 8.22. The number of benzene rings is 1. The van der Waals surface area contributed by atoms with E-state index in [1.807, 2.05) is 18.2 Å². The summed E-state index contributed by atoms with van der Waals surface area (Å²) in [5.41, 5.74) is 1.02. The molecule has 2 heteroatoms. The molecule has 0 bridgehead atoms. The lowest BCUT2D eigenvalue weighted by atomic mass is 10.0. The summed E-state index contributed by atoms with van der Waals surface area (Å²) in [4.78, 5) is 0. The van der Waals surface area contributed by atoms with Crippen LogP contribution in [-0.4, -0.2) is 11.1 Å². The van der Waals surface area contributed by atoms with E-state index in [1.165, 1.54) is 12.8 Å². The zero-order valence-corrected chi connectivity index (χ0v) is 11.2. The summed E-state index contributed by atoms with van der Waals surface area (Å²) in [6, 6.07) is 8.43. The van der Waals surface area contributed by atoms with Gasteiger partial charge in [-0.2, -0.15) is 0 Å². The Labute approximate surface area is 105 Å². The number of nitrogens with one attached hydrogen (secondary N) is 1. The minimum atomic E-state index is 0.257. The smallest absolute Gasteiger partial charge is 0.120 e. The SMILES string of the molecule is CCCC(CC)NC(CC)c1ccccc1O. The lowest BCUT2D eigenvalue weighted by molar-refractivity contribution is 0.380. The standard InChI is InChI=1S/C15H25NO/c1-4-9-12(5-2)16-14(6-3)13-10-7-8-11-15(13)17/h7-8,10-12,14,16-17H,4-6,9H2,1-3H3. The van der Waals surface area contributed by atoms with E-state index >= 15 is 0 Å². The monoisotopic (exact) mass is 235 g/mol. The van der Waals surface area contributed by atoms with Crippen molar-refractivity contribution in [1.29, 1.82) is 0 Å². The second-order valence-corrected chi connectivity index (χ2v) is 4.58. The van der Waals surface area contributed by atoms with Crippen LogP contribution < -0.4 is 5.32 Å². The first kappa shape index (κ1) is 14.0. The van der Waals surface area contributed by atoms with Crippen LogP contribution in [0.25, 0.3) is 0 Å². The maximum absolute atomic E-state index is 9.89. The van der Waals surface area contributed by atoms with Gasteiger partial charge in [0.15, 0.2) is 0 Å². The molecule has 2 nitrogen and oxygen atoms in total. The molecule has 17 heavy (non-hydrogen) atoms. The molecule has 0 spiro atoms. The molecule has 0 amide bonds. The fourth-order valence-electron chi connectivity index (χ4n) is 2.25. The van der Waals surface area contributed by atoms with Crippen LogP contribution >= 0.6 is 0 Å². The molecular weight excluding hydrogens is 210 g/mol. The van der Waals surface area contributed by atoms with Crippen molar-refractivity contribution >= 4 is 0 Å². The van der Waals surface area contributed by atoms with Crippen LogP contribution in [0, 0.1) is 0 Å². The van der Waals surface area contributed by atoms with Crippen molar-refractivity contribution in [1.82, 2.24) is 5.32 Å². The molecule has 0 aliphatic carbocycles. The molecule has 1 aromatic rings. The van der Waals surface area contributed by atoms with Crippen LogP contribution in [0.1, 0.15) is 58.1 Å². The van der Waals surface area contributed by atoms with E-state index < -0.39 is 0 Å². The Kier molecular flexibility index (Phi) is 6.06. The number of aromatic hydroxyl groups is 1. The summed E-state index contributed by atoms with van der Waals surface area (Å²) >= 11 is 0. The van der Waals surface area contributed by atoms with E-state index in [1.54, 1.807) is 6.07 Å². The van der Waals surface area contributed by atoms with E-state index in [4.69, 9.17) is 0 Å². The van der Waals surface area contributed by atoms with Crippen LogP contribution in [0.4, 0.5) is 0 Å². The molecule has 96 valence electrons. The summed E-state index contributed by atoms with van der Waals surface area (Å²) in [5, 5.41) is 13.5. The Morgan fingerprint density at radius 2 is 1.82 bits per heavy atom. The van der Waals surface area contributed by atoms with E-state index in [9.17, 15) is 5.11 Å². The van der Waals surface area contributed by atoms with E-state index in [2.05, 4.69) is 26.1 Å². The molecule has 1 aromatic carbocycles. The quantitative estimate of drug-likeness (QED) is 0.748. The number of hydrogen-bond acceptors (Lipinski definition) is 2. The molecule has 0 fully saturated rings. The Balaban J connectivity index is 2.74. The molecule has 0 aromatic heterocycles. The topological polar surface area (TPSA) is 32.3 Å². The Morgan fingerprint density at radius 3 is 2.35 bits per heavy atom. The zero-order valence-electron chi connectivity index (χ0n) is 11.2. The highest BCUT2D eigenvalue weighted by Crippen LogP contribution is 2.26. The van der Waals surface area contributed by atoms with Gasteiger partial charge in [-0.05, 0) is 25.3 Å². The average Bonchev–Trinajstić information content (AvgIpc) is 2.35. The van der Waals surface area contributed by atoms with Crippen LogP contribution in [0.15, 0.2) is 24.3 Å². The summed E-state index contributed by atoms with van der Waals surface area (Å²) in [6.07, 6.45) is 4.53. The number of phenolic OH excluding ortho intramolecular Hbond substituents is 1. The molecule has 2 N–H and O–H groups in total. The molecule has 0 heterocycles. The van der Waals surface area contributed by atoms with E-state index in [-0.39, 0.29) is 6.04 Å². The molecule has 1 rings (SSSR count). The van der Waals surface area contributed by atoms with Gasteiger partial charge in [-0.25, -0.2) is 0 Å². The van der Waals surface area contributed by atoms with Crippen molar-refractivity contribution in [3.63, 3.8) is 0 Å². The Morgan fingerprint density at radius 1 is 1.12 bits per heavy atom. The van der Waals surface area contributed by atoms with Crippen molar-refractivity contribution in [3.05, 3.63) is 29.8 Å². The van der Waals surface area contributed by atoms with Gasteiger partial charge in [-0.1, -0.05) is 45.4 Å². The van der Waals surface area contributed by atoms with Crippen molar-refractivity contribution in [2.75, 3.05) is 0 Å². The Hall–Kier alpha value is -1.02. The maximum atomic E-state index is 9.89. The van der Waals surface area contributed by atoms with Gasteiger partial charge in [-0.3, -0.25) is 0 Å². The molecule has 0 radical (unpaired) electrons. The fraction of sp³-hybridized carbons (Fsp3) is 0.600.